The van der Waals surface area contributed by atoms with Gasteiger partial charge in [-0.1, -0.05) is 33.8 Å². The van der Waals surface area contributed by atoms with Crippen molar-refractivity contribution in [2.75, 3.05) is 0 Å². The van der Waals surface area contributed by atoms with Gasteiger partial charge in [0.2, 0.25) is 0 Å². The first-order chi connectivity index (χ1) is 7.11. The second-order valence-corrected chi connectivity index (χ2v) is 2.27. The van der Waals surface area contributed by atoms with Crippen LogP contribution in [0.25, 0.3) is 0 Å². The lowest BCUT2D eigenvalue weighted by molar-refractivity contribution is 0.0696. The summed E-state index contributed by atoms with van der Waals surface area (Å²) in [5, 5.41) is 8.43. The number of benzene rings is 1. The minimum atomic E-state index is -1.11. The molecule has 15 heavy (non-hydrogen) atoms. The summed E-state index contributed by atoms with van der Waals surface area (Å²) in [6.45, 7) is 9.58. The summed E-state index contributed by atoms with van der Waals surface area (Å²) in [4.78, 5) is 10.3. The molecule has 0 atom stereocenters. The Bertz CT molecular complexity index is 296. The zero-order valence-corrected chi connectivity index (χ0v) is 9.97. The number of hydrogen-bond donors (Lipinski definition) is 1. The van der Waals surface area contributed by atoms with Gasteiger partial charge in [-0.05, 0) is 24.6 Å². The molecule has 2 nitrogen and oxygen atoms in total. The van der Waals surface area contributed by atoms with E-state index in [-0.39, 0.29) is 5.56 Å². The Morgan fingerprint density at radius 3 is 2.00 bits per heavy atom. The molecule has 1 rings (SSSR count). The number of carboxylic acids is 1. The predicted molar refractivity (Wildman–Crippen MR) is 60.8 cm³/mol. The molecule has 0 saturated carbocycles. The standard InChI is InChI=1S/C8H7FO2.2C2H6/c1-5-2-3-6(8(10)11)4-7(5)9;2*1-2/h2-4H,1H3,(H,10,11);2*1-2H3. The van der Waals surface area contributed by atoms with Crippen molar-refractivity contribution in [1.29, 1.82) is 0 Å². The molecule has 0 unspecified atom stereocenters. The summed E-state index contributed by atoms with van der Waals surface area (Å²) in [5.74, 6) is -1.59. The van der Waals surface area contributed by atoms with Gasteiger partial charge in [0.15, 0.2) is 0 Å². The van der Waals surface area contributed by atoms with Crippen LogP contribution in [0.5, 0.6) is 0 Å². The maximum Gasteiger partial charge on any atom is 0.335 e. The van der Waals surface area contributed by atoms with Gasteiger partial charge < -0.3 is 5.11 Å². The van der Waals surface area contributed by atoms with Gasteiger partial charge in [-0.2, -0.15) is 0 Å². The van der Waals surface area contributed by atoms with Crippen LogP contribution in [-0.4, -0.2) is 11.1 Å². The molecule has 0 aliphatic rings. The molecule has 3 heteroatoms. The fourth-order valence-corrected chi connectivity index (χ4v) is 0.726. The molecule has 0 amide bonds. The summed E-state index contributed by atoms with van der Waals surface area (Å²) in [6.07, 6.45) is 0. The number of carboxylic acid groups (broad SMARTS) is 1. The third-order valence-corrected chi connectivity index (χ3v) is 1.42. The third kappa shape index (κ3) is 5.83. The van der Waals surface area contributed by atoms with E-state index in [1.807, 2.05) is 27.7 Å². The van der Waals surface area contributed by atoms with E-state index in [2.05, 4.69) is 0 Å². The SMILES string of the molecule is CC.CC.Cc1ccc(C(=O)O)cc1F. The Kier molecular flexibility index (Phi) is 9.84. The summed E-state index contributed by atoms with van der Waals surface area (Å²) in [7, 11) is 0. The van der Waals surface area contributed by atoms with Gasteiger partial charge in [-0.25, -0.2) is 9.18 Å². The second-order valence-electron chi connectivity index (χ2n) is 2.27. The molecule has 0 aromatic heterocycles. The van der Waals surface area contributed by atoms with Crippen LogP contribution < -0.4 is 0 Å². The lowest BCUT2D eigenvalue weighted by Gasteiger charge is -1.96. The molecule has 0 aliphatic heterocycles. The van der Waals surface area contributed by atoms with Crippen molar-refractivity contribution in [2.24, 2.45) is 0 Å². The molecule has 0 radical (unpaired) electrons. The Morgan fingerprint density at radius 1 is 1.20 bits per heavy atom. The predicted octanol–water partition coefficient (Wildman–Crippen LogP) is 3.88. The van der Waals surface area contributed by atoms with Crippen LogP contribution in [0, 0.1) is 12.7 Å². The van der Waals surface area contributed by atoms with Gasteiger partial charge in [0.05, 0.1) is 5.56 Å². The molecule has 0 heterocycles. The molecule has 1 N–H and O–H groups in total. The van der Waals surface area contributed by atoms with E-state index in [1.54, 1.807) is 6.92 Å². The molecule has 0 fully saturated rings. The van der Waals surface area contributed by atoms with E-state index in [9.17, 15) is 9.18 Å². The number of hydrogen-bond acceptors (Lipinski definition) is 1. The van der Waals surface area contributed by atoms with Crippen molar-refractivity contribution in [1.82, 2.24) is 0 Å². The fraction of sp³-hybridized carbons (Fsp3) is 0.417. The van der Waals surface area contributed by atoms with Crippen molar-refractivity contribution in [2.45, 2.75) is 34.6 Å². The van der Waals surface area contributed by atoms with Gasteiger partial charge in [0.1, 0.15) is 5.82 Å². The first-order valence-electron chi connectivity index (χ1n) is 5.10. The number of aryl methyl sites for hydroxylation is 1. The first-order valence-corrected chi connectivity index (χ1v) is 5.10. The van der Waals surface area contributed by atoms with E-state index in [0.29, 0.717) is 5.56 Å². The van der Waals surface area contributed by atoms with Crippen molar-refractivity contribution in [3.63, 3.8) is 0 Å². The molecule has 1 aromatic rings. The summed E-state index contributed by atoms with van der Waals surface area (Å²) < 4.78 is 12.7. The largest absolute Gasteiger partial charge is 0.478 e. The quantitative estimate of drug-likeness (QED) is 0.770. The summed E-state index contributed by atoms with van der Waals surface area (Å²) >= 11 is 0. The molecule has 0 saturated heterocycles. The van der Waals surface area contributed by atoms with E-state index < -0.39 is 11.8 Å². The topological polar surface area (TPSA) is 37.3 Å². The Morgan fingerprint density at radius 2 is 1.67 bits per heavy atom. The minimum Gasteiger partial charge on any atom is -0.478 e. The highest BCUT2D eigenvalue weighted by molar-refractivity contribution is 5.87. The number of rotatable bonds is 1. The van der Waals surface area contributed by atoms with E-state index >= 15 is 0 Å². The highest BCUT2D eigenvalue weighted by Gasteiger charge is 2.04. The molecule has 0 spiro atoms. The third-order valence-electron chi connectivity index (χ3n) is 1.42. The van der Waals surface area contributed by atoms with Crippen molar-refractivity contribution < 1.29 is 14.3 Å². The average molecular weight is 214 g/mol. The van der Waals surface area contributed by atoms with E-state index in [1.165, 1.54) is 12.1 Å². The van der Waals surface area contributed by atoms with Crippen molar-refractivity contribution in [3.05, 3.63) is 35.1 Å². The lowest BCUT2D eigenvalue weighted by Crippen LogP contribution is -1.97. The van der Waals surface area contributed by atoms with Crippen LogP contribution in [-0.2, 0) is 0 Å². The van der Waals surface area contributed by atoms with Gasteiger partial charge in [0.25, 0.3) is 0 Å². The fourth-order valence-electron chi connectivity index (χ4n) is 0.726. The minimum absolute atomic E-state index is 0.0203. The monoisotopic (exact) mass is 214 g/mol. The Labute approximate surface area is 90.8 Å². The van der Waals surface area contributed by atoms with Gasteiger partial charge in [-0.3, -0.25) is 0 Å². The highest BCUT2D eigenvalue weighted by Crippen LogP contribution is 2.08. The maximum atomic E-state index is 12.7. The van der Waals surface area contributed by atoms with Crippen molar-refractivity contribution >= 4 is 5.97 Å². The second kappa shape index (κ2) is 9.19. The van der Waals surface area contributed by atoms with Crippen LogP contribution in [0.1, 0.15) is 43.6 Å². The van der Waals surface area contributed by atoms with Gasteiger partial charge >= 0.3 is 5.97 Å². The maximum absolute atomic E-state index is 12.7. The number of halogens is 1. The summed E-state index contributed by atoms with van der Waals surface area (Å²) in [5.41, 5.74) is 0.433. The van der Waals surface area contributed by atoms with Crippen LogP contribution in [0.4, 0.5) is 4.39 Å². The van der Waals surface area contributed by atoms with Crippen LogP contribution in [0.15, 0.2) is 18.2 Å². The lowest BCUT2D eigenvalue weighted by atomic mass is 10.1. The molecular weight excluding hydrogens is 195 g/mol. The molecular formula is C12H19FO2. The van der Waals surface area contributed by atoms with Gasteiger partial charge in [0, 0.05) is 0 Å². The zero-order chi connectivity index (χ0) is 12.4. The first kappa shape index (κ1) is 16.1. The number of carbonyl (C=O) groups is 1. The number of aromatic carboxylic acids is 1. The van der Waals surface area contributed by atoms with Crippen LogP contribution >= 0.6 is 0 Å². The average Bonchev–Trinajstić information content (AvgIpc) is 2.27. The van der Waals surface area contributed by atoms with Crippen LogP contribution in [0.2, 0.25) is 0 Å². The highest BCUT2D eigenvalue weighted by atomic mass is 19.1. The van der Waals surface area contributed by atoms with Gasteiger partial charge in [-0.15, -0.1) is 0 Å². The Hall–Kier alpha value is -1.38. The molecule has 0 bridgehead atoms. The van der Waals surface area contributed by atoms with Crippen molar-refractivity contribution in [3.8, 4) is 0 Å². The van der Waals surface area contributed by atoms with E-state index in [0.717, 1.165) is 6.07 Å². The molecule has 0 aliphatic carbocycles. The van der Waals surface area contributed by atoms with Crippen LogP contribution in [0.3, 0.4) is 0 Å². The summed E-state index contributed by atoms with van der Waals surface area (Å²) in [6, 6.07) is 3.83. The smallest absolute Gasteiger partial charge is 0.335 e. The zero-order valence-electron chi connectivity index (χ0n) is 9.97. The molecule has 86 valence electrons. The van der Waals surface area contributed by atoms with E-state index in [4.69, 9.17) is 5.11 Å². The normalized spacial score (nSPS) is 7.87. The molecule has 1 aromatic carbocycles. The Balaban J connectivity index is 0.